The number of methoxy groups -OCH3 is 1. The highest BCUT2D eigenvalue weighted by Crippen LogP contribution is 2.25. The van der Waals surface area contributed by atoms with Gasteiger partial charge in [0.1, 0.15) is 0 Å². The van der Waals surface area contributed by atoms with Crippen LogP contribution in [0.5, 0.6) is 0 Å². The Morgan fingerprint density at radius 3 is 2.23 bits per heavy atom. The van der Waals surface area contributed by atoms with E-state index in [9.17, 15) is 0 Å². The van der Waals surface area contributed by atoms with Crippen LogP contribution in [0, 0.1) is 5.92 Å². The van der Waals surface area contributed by atoms with E-state index in [2.05, 4.69) is 25.7 Å². The molecule has 1 fully saturated rings. The standard InChI is InChI=1S/C11H23NO/c1-5-10(6-2)7-12-8-11(3,9-12)13-4/h10H,5-9H2,1-4H3. The number of hydrogen-bond acceptors (Lipinski definition) is 2. The highest BCUT2D eigenvalue weighted by molar-refractivity contribution is 4.93. The fourth-order valence-corrected chi connectivity index (χ4v) is 2.07. The van der Waals surface area contributed by atoms with Gasteiger partial charge < -0.3 is 4.74 Å². The maximum atomic E-state index is 5.41. The second kappa shape index (κ2) is 4.43. The van der Waals surface area contributed by atoms with Crippen LogP contribution in [0.15, 0.2) is 0 Å². The van der Waals surface area contributed by atoms with Gasteiger partial charge in [0.15, 0.2) is 0 Å². The molecule has 0 spiro atoms. The Morgan fingerprint density at radius 1 is 1.31 bits per heavy atom. The zero-order chi connectivity index (χ0) is 9.90. The van der Waals surface area contributed by atoms with Gasteiger partial charge in [0.05, 0.1) is 5.60 Å². The molecule has 0 N–H and O–H groups in total. The van der Waals surface area contributed by atoms with Crippen molar-refractivity contribution in [2.45, 2.75) is 39.2 Å². The van der Waals surface area contributed by atoms with Gasteiger partial charge in [-0.1, -0.05) is 26.7 Å². The fraction of sp³-hybridized carbons (Fsp3) is 1.00. The molecule has 0 aromatic heterocycles. The van der Waals surface area contributed by atoms with Gasteiger partial charge in [-0.3, -0.25) is 4.90 Å². The molecule has 1 saturated heterocycles. The second-order valence-corrected chi connectivity index (χ2v) is 4.51. The van der Waals surface area contributed by atoms with Gasteiger partial charge in [-0.15, -0.1) is 0 Å². The van der Waals surface area contributed by atoms with Gasteiger partial charge >= 0.3 is 0 Å². The van der Waals surface area contributed by atoms with Gasteiger partial charge in [0.2, 0.25) is 0 Å². The summed E-state index contributed by atoms with van der Waals surface area (Å²) >= 11 is 0. The van der Waals surface area contributed by atoms with E-state index in [0.29, 0.717) is 0 Å². The van der Waals surface area contributed by atoms with Crippen molar-refractivity contribution < 1.29 is 4.74 Å². The number of likely N-dealkylation sites (tertiary alicyclic amines) is 1. The Balaban J connectivity index is 2.20. The van der Waals surface area contributed by atoms with Crippen molar-refractivity contribution in [1.82, 2.24) is 4.90 Å². The molecule has 0 aromatic carbocycles. The Hall–Kier alpha value is -0.0800. The molecule has 0 saturated carbocycles. The minimum atomic E-state index is 0.145. The highest BCUT2D eigenvalue weighted by Gasteiger charge is 2.38. The number of nitrogens with zero attached hydrogens (tertiary/aromatic N) is 1. The lowest BCUT2D eigenvalue weighted by Crippen LogP contribution is -2.61. The maximum Gasteiger partial charge on any atom is 0.0903 e. The third-order valence-electron chi connectivity index (χ3n) is 3.28. The highest BCUT2D eigenvalue weighted by atomic mass is 16.5. The van der Waals surface area contributed by atoms with Crippen LogP contribution in [0.4, 0.5) is 0 Å². The minimum Gasteiger partial charge on any atom is -0.376 e. The Labute approximate surface area is 82.3 Å². The van der Waals surface area contributed by atoms with Crippen molar-refractivity contribution in [3.8, 4) is 0 Å². The van der Waals surface area contributed by atoms with Gasteiger partial charge in [0.25, 0.3) is 0 Å². The molecule has 0 radical (unpaired) electrons. The van der Waals surface area contributed by atoms with E-state index in [1.165, 1.54) is 19.4 Å². The summed E-state index contributed by atoms with van der Waals surface area (Å²) in [7, 11) is 1.81. The van der Waals surface area contributed by atoms with Crippen LogP contribution >= 0.6 is 0 Å². The fourth-order valence-electron chi connectivity index (χ4n) is 2.07. The molecule has 0 aromatic rings. The van der Waals surface area contributed by atoms with Crippen LogP contribution in [0.3, 0.4) is 0 Å². The molecular formula is C11H23NO. The Kier molecular flexibility index (Phi) is 3.74. The quantitative estimate of drug-likeness (QED) is 0.650. The molecule has 1 aliphatic rings. The number of hydrogen-bond donors (Lipinski definition) is 0. The summed E-state index contributed by atoms with van der Waals surface area (Å²) in [5, 5.41) is 0. The van der Waals surface area contributed by atoms with Crippen LogP contribution in [0.2, 0.25) is 0 Å². The lowest BCUT2D eigenvalue weighted by molar-refractivity contribution is -0.115. The van der Waals surface area contributed by atoms with Gasteiger partial charge in [-0.2, -0.15) is 0 Å². The summed E-state index contributed by atoms with van der Waals surface area (Å²) < 4.78 is 5.41. The Morgan fingerprint density at radius 2 is 1.85 bits per heavy atom. The van der Waals surface area contributed by atoms with E-state index in [-0.39, 0.29) is 5.60 Å². The van der Waals surface area contributed by atoms with Crippen LogP contribution in [0.25, 0.3) is 0 Å². The van der Waals surface area contributed by atoms with Crippen molar-refractivity contribution in [2.75, 3.05) is 26.7 Å². The average molecular weight is 185 g/mol. The zero-order valence-corrected chi connectivity index (χ0v) is 9.47. The van der Waals surface area contributed by atoms with Crippen molar-refractivity contribution in [3.63, 3.8) is 0 Å². The largest absolute Gasteiger partial charge is 0.376 e. The van der Waals surface area contributed by atoms with E-state index in [1.807, 2.05) is 7.11 Å². The van der Waals surface area contributed by atoms with Gasteiger partial charge in [-0.25, -0.2) is 0 Å². The average Bonchev–Trinajstić information content (AvgIpc) is 2.10. The lowest BCUT2D eigenvalue weighted by atomic mass is 9.93. The smallest absolute Gasteiger partial charge is 0.0903 e. The monoisotopic (exact) mass is 185 g/mol. The van der Waals surface area contributed by atoms with Gasteiger partial charge in [-0.05, 0) is 12.8 Å². The summed E-state index contributed by atoms with van der Waals surface area (Å²) in [6.45, 7) is 10.2. The molecule has 1 rings (SSSR count). The Bertz CT molecular complexity index is 148. The van der Waals surface area contributed by atoms with Crippen molar-refractivity contribution >= 4 is 0 Å². The number of rotatable bonds is 5. The molecule has 0 amide bonds. The molecular weight excluding hydrogens is 162 g/mol. The molecule has 2 heteroatoms. The summed E-state index contributed by atoms with van der Waals surface area (Å²) in [5.41, 5.74) is 0.145. The predicted octanol–water partition coefficient (Wildman–Crippen LogP) is 2.14. The summed E-state index contributed by atoms with van der Waals surface area (Å²) in [5.74, 6) is 0.876. The molecule has 0 aliphatic carbocycles. The normalized spacial score (nSPS) is 21.9. The zero-order valence-electron chi connectivity index (χ0n) is 9.47. The summed E-state index contributed by atoms with van der Waals surface area (Å²) in [6, 6.07) is 0. The molecule has 1 heterocycles. The lowest BCUT2D eigenvalue weighted by Gasteiger charge is -2.48. The van der Waals surface area contributed by atoms with E-state index in [0.717, 1.165) is 19.0 Å². The third-order valence-corrected chi connectivity index (χ3v) is 3.28. The second-order valence-electron chi connectivity index (χ2n) is 4.51. The molecule has 0 bridgehead atoms. The molecule has 13 heavy (non-hydrogen) atoms. The predicted molar refractivity (Wildman–Crippen MR) is 55.9 cm³/mol. The SMILES string of the molecule is CCC(CC)CN1CC(C)(OC)C1. The summed E-state index contributed by atoms with van der Waals surface area (Å²) in [6.07, 6.45) is 2.60. The first-order valence-electron chi connectivity index (χ1n) is 5.41. The summed E-state index contributed by atoms with van der Waals surface area (Å²) in [4.78, 5) is 2.50. The van der Waals surface area contributed by atoms with Crippen LogP contribution in [-0.4, -0.2) is 37.2 Å². The van der Waals surface area contributed by atoms with Gasteiger partial charge in [0, 0.05) is 26.7 Å². The first-order valence-corrected chi connectivity index (χ1v) is 5.41. The van der Waals surface area contributed by atoms with Crippen molar-refractivity contribution in [3.05, 3.63) is 0 Å². The van der Waals surface area contributed by atoms with Crippen molar-refractivity contribution in [1.29, 1.82) is 0 Å². The molecule has 2 nitrogen and oxygen atoms in total. The van der Waals surface area contributed by atoms with Crippen LogP contribution in [0.1, 0.15) is 33.6 Å². The first kappa shape index (κ1) is 11.0. The van der Waals surface area contributed by atoms with E-state index in [1.54, 1.807) is 0 Å². The van der Waals surface area contributed by atoms with E-state index < -0.39 is 0 Å². The van der Waals surface area contributed by atoms with Crippen molar-refractivity contribution in [2.24, 2.45) is 5.92 Å². The van der Waals surface area contributed by atoms with Crippen LogP contribution in [-0.2, 0) is 4.74 Å². The molecule has 0 atom stereocenters. The third kappa shape index (κ3) is 2.68. The maximum absolute atomic E-state index is 5.41. The first-order chi connectivity index (χ1) is 6.13. The molecule has 78 valence electrons. The van der Waals surface area contributed by atoms with E-state index in [4.69, 9.17) is 4.74 Å². The topological polar surface area (TPSA) is 12.5 Å². The molecule has 0 unspecified atom stereocenters. The minimum absolute atomic E-state index is 0.145. The van der Waals surface area contributed by atoms with Crippen LogP contribution < -0.4 is 0 Å². The molecule has 1 aliphatic heterocycles. The number of ether oxygens (including phenoxy) is 1. The van der Waals surface area contributed by atoms with E-state index >= 15 is 0 Å².